The van der Waals surface area contributed by atoms with Crippen LogP contribution in [0, 0.1) is 11.8 Å². The second kappa shape index (κ2) is 8.56. The molecule has 5 heteroatoms. The van der Waals surface area contributed by atoms with Crippen LogP contribution >= 0.6 is 0 Å². The summed E-state index contributed by atoms with van der Waals surface area (Å²) in [4.78, 5) is 23.9. The van der Waals surface area contributed by atoms with Gasteiger partial charge in [-0.3, -0.25) is 9.59 Å². The highest BCUT2D eigenvalue weighted by atomic mass is 16.5. The third-order valence-electron chi connectivity index (χ3n) is 4.50. The number of nitrogens with one attached hydrogen (secondary N) is 1. The average Bonchev–Trinajstić information content (AvgIpc) is 2.60. The summed E-state index contributed by atoms with van der Waals surface area (Å²) in [6.45, 7) is 0.536. The highest BCUT2D eigenvalue weighted by molar-refractivity contribution is 5.78. The van der Waals surface area contributed by atoms with E-state index in [0.717, 1.165) is 37.0 Å². The van der Waals surface area contributed by atoms with E-state index in [-0.39, 0.29) is 23.7 Å². The zero-order chi connectivity index (χ0) is 16.7. The molecule has 126 valence electrons. The number of methoxy groups -OCH3 is 2. The van der Waals surface area contributed by atoms with Gasteiger partial charge in [0.05, 0.1) is 26.6 Å². The lowest BCUT2D eigenvalue weighted by Crippen LogP contribution is -2.38. The summed E-state index contributed by atoms with van der Waals surface area (Å²) in [5, 5.41) is 2.96. The number of carbonyl (C=O) groups excluding carboxylic acids is 2. The molecule has 1 fully saturated rings. The second-order valence-corrected chi connectivity index (χ2v) is 6.00. The Morgan fingerprint density at radius 3 is 2.48 bits per heavy atom. The SMILES string of the molecule is COC(=O)C1CCCCC1CNC(=O)Cc1ccc(OC)cc1. The van der Waals surface area contributed by atoms with Gasteiger partial charge in [0.15, 0.2) is 0 Å². The van der Waals surface area contributed by atoms with Gasteiger partial charge < -0.3 is 14.8 Å². The van der Waals surface area contributed by atoms with E-state index < -0.39 is 0 Å². The minimum atomic E-state index is -0.154. The molecule has 23 heavy (non-hydrogen) atoms. The van der Waals surface area contributed by atoms with E-state index in [1.54, 1.807) is 7.11 Å². The Hall–Kier alpha value is -2.04. The van der Waals surface area contributed by atoms with E-state index in [1.807, 2.05) is 24.3 Å². The standard InChI is InChI=1S/C18H25NO4/c1-22-15-9-7-13(8-10-15)11-17(20)19-12-14-5-3-4-6-16(14)18(21)23-2/h7-10,14,16H,3-6,11-12H2,1-2H3,(H,19,20). The van der Waals surface area contributed by atoms with Crippen molar-refractivity contribution in [3.63, 3.8) is 0 Å². The third-order valence-corrected chi connectivity index (χ3v) is 4.50. The highest BCUT2D eigenvalue weighted by Crippen LogP contribution is 2.30. The second-order valence-electron chi connectivity index (χ2n) is 6.00. The van der Waals surface area contributed by atoms with E-state index >= 15 is 0 Å². The van der Waals surface area contributed by atoms with E-state index in [4.69, 9.17) is 9.47 Å². The minimum Gasteiger partial charge on any atom is -0.497 e. The van der Waals surface area contributed by atoms with Crippen molar-refractivity contribution in [3.05, 3.63) is 29.8 Å². The molecule has 0 bridgehead atoms. The Morgan fingerprint density at radius 1 is 1.13 bits per heavy atom. The summed E-state index contributed by atoms with van der Waals surface area (Å²) < 4.78 is 9.98. The predicted molar refractivity (Wildman–Crippen MR) is 87.2 cm³/mol. The van der Waals surface area contributed by atoms with Crippen LogP contribution < -0.4 is 10.1 Å². The Bertz CT molecular complexity index is 526. The summed E-state index contributed by atoms with van der Waals surface area (Å²) in [6.07, 6.45) is 4.30. The molecule has 0 spiro atoms. The first-order valence-electron chi connectivity index (χ1n) is 8.11. The maximum atomic E-state index is 12.1. The fourth-order valence-electron chi connectivity index (χ4n) is 3.15. The molecule has 0 aromatic heterocycles. The molecule has 1 aliphatic carbocycles. The van der Waals surface area contributed by atoms with Crippen molar-refractivity contribution >= 4 is 11.9 Å². The average molecular weight is 319 g/mol. The van der Waals surface area contributed by atoms with Crippen LogP contribution in [0.1, 0.15) is 31.2 Å². The van der Waals surface area contributed by atoms with Crippen molar-refractivity contribution in [2.75, 3.05) is 20.8 Å². The van der Waals surface area contributed by atoms with Crippen LogP contribution in [0.3, 0.4) is 0 Å². The van der Waals surface area contributed by atoms with Crippen LogP contribution in [-0.2, 0) is 20.7 Å². The quantitative estimate of drug-likeness (QED) is 0.817. The fourth-order valence-corrected chi connectivity index (χ4v) is 3.15. The monoisotopic (exact) mass is 319 g/mol. The van der Waals surface area contributed by atoms with E-state index in [2.05, 4.69) is 5.32 Å². The lowest BCUT2D eigenvalue weighted by atomic mass is 9.79. The van der Waals surface area contributed by atoms with Gasteiger partial charge in [-0.05, 0) is 36.5 Å². The number of benzene rings is 1. The van der Waals surface area contributed by atoms with Crippen molar-refractivity contribution < 1.29 is 19.1 Å². The van der Waals surface area contributed by atoms with Gasteiger partial charge in [-0.2, -0.15) is 0 Å². The van der Waals surface area contributed by atoms with Crippen molar-refractivity contribution in [2.45, 2.75) is 32.1 Å². The van der Waals surface area contributed by atoms with Gasteiger partial charge in [-0.1, -0.05) is 25.0 Å². The Kier molecular flexibility index (Phi) is 6.44. The van der Waals surface area contributed by atoms with Crippen LogP contribution in [0.4, 0.5) is 0 Å². The smallest absolute Gasteiger partial charge is 0.309 e. The molecule has 1 aromatic carbocycles. The van der Waals surface area contributed by atoms with Gasteiger partial charge in [0, 0.05) is 6.54 Å². The molecule has 1 saturated carbocycles. The predicted octanol–water partition coefficient (Wildman–Crippen LogP) is 2.33. The molecular formula is C18H25NO4. The topological polar surface area (TPSA) is 64.6 Å². The summed E-state index contributed by atoms with van der Waals surface area (Å²) in [5.41, 5.74) is 0.941. The van der Waals surface area contributed by atoms with Crippen LogP contribution in [0.15, 0.2) is 24.3 Å². The lowest BCUT2D eigenvalue weighted by Gasteiger charge is -2.29. The Labute approximate surface area is 137 Å². The third kappa shape index (κ3) is 4.98. The van der Waals surface area contributed by atoms with Crippen molar-refractivity contribution in [1.29, 1.82) is 0 Å². The molecule has 2 atom stereocenters. The first kappa shape index (κ1) is 17.3. The molecule has 0 saturated heterocycles. The molecule has 1 aliphatic rings. The maximum absolute atomic E-state index is 12.1. The molecular weight excluding hydrogens is 294 g/mol. The first-order valence-corrected chi connectivity index (χ1v) is 8.11. The highest BCUT2D eigenvalue weighted by Gasteiger charge is 2.31. The van der Waals surface area contributed by atoms with E-state index in [0.29, 0.717) is 13.0 Å². The van der Waals surface area contributed by atoms with Crippen molar-refractivity contribution in [3.8, 4) is 5.75 Å². The van der Waals surface area contributed by atoms with Crippen LogP contribution in [0.2, 0.25) is 0 Å². The normalized spacial score (nSPS) is 20.6. The van der Waals surface area contributed by atoms with E-state index in [9.17, 15) is 9.59 Å². The maximum Gasteiger partial charge on any atom is 0.309 e. The number of esters is 1. The molecule has 2 unspecified atom stereocenters. The molecule has 0 heterocycles. The van der Waals surface area contributed by atoms with Gasteiger partial charge in [-0.15, -0.1) is 0 Å². The van der Waals surface area contributed by atoms with Crippen molar-refractivity contribution in [2.24, 2.45) is 11.8 Å². The molecule has 1 aromatic rings. The molecule has 1 N–H and O–H groups in total. The van der Waals surface area contributed by atoms with Crippen molar-refractivity contribution in [1.82, 2.24) is 5.32 Å². The molecule has 1 amide bonds. The Morgan fingerprint density at radius 2 is 1.83 bits per heavy atom. The van der Waals surface area contributed by atoms with Crippen LogP contribution in [-0.4, -0.2) is 32.6 Å². The first-order chi connectivity index (χ1) is 11.1. The number of rotatable bonds is 6. The van der Waals surface area contributed by atoms with Gasteiger partial charge in [0.2, 0.25) is 5.91 Å². The number of ether oxygens (including phenoxy) is 2. The van der Waals surface area contributed by atoms with Gasteiger partial charge in [0.25, 0.3) is 0 Å². The number of hydrogen-bond donors (Lipinski definition) is 1. The summed E-state index contributed by atoms with van der Waals surface area (Å²) in [6, 6.07) is 7.46. The zero-order valence-electron chi connectivity index (χ0n) is 13.8. The minimum absolute atomic E-state index is 0.0237. The molecule has 0 aliphatic heterocycles. The lowest BCUT2D eigenvalue weighted by molar-refractivity contribution is -0.148. The van der Waals surface area contributed by atoms with Gasteiger partial charge >= 0.3 is 5.97 Å². The number of amides is 1. The largest absolute Gasteiger partial charge is 0.497 e. The van der Waals surface area contributed by atoms with Crippen LogP contribution in [0.5, 0.6) is 5.75 Å². The van der Waals surface area contributed by atoms with E-state index in [1.165, 1.54) is 7.11 Å². The molecule has 5 nitrogen and oxygen atoms in total. The number of hydrogen-bond acceptors (Lipinski definition) is 4. The molecule has 0 radical (unpaired) electrons. The zero-order valence-corrected chi connectivity index (χ0v) is 13.8. The molecule has 2 rings (SSSR count). The summed E-state index contributed by atoms with van der Waals surface area (Å²) >= 11 is 0. The summed E-state index contributed by atoms with van der Waals surface area (Å²) in [7, 11) is 3.04. The fraction of sp³-hybridized carbons (Fsp3) is 0.556. The van der Waals surface area contributed by atoms with Gasteiger partial charge in [-0.25, -0.2) is 0 Å². The number of carbonyl (C=O) groups is 2. The van der Waals surface area contributed by atoms with Gasteiger partial charge in [0.1, 0.15) is 5.75 Å². The summed E-state index contributed by atoms with van der Waals surface area (Å²) in [5.74, 6) is 0.687. The Balaban J connectivity index is 1.83. The van der Waals surface area contributed by atoms with Crippen LogP contribution in [0.25, 0.3) is 0 Å².